The van der Waals surface area contributed by atoms with Gasteiger partial charge in [0.2, 0.25) is 0 Å². The van der Waals surface area contributed by atoms with E-state index in [1.54, 1.807) is 0 Å². The minimum Gasteiger partial charge on any atom is -0.455 e. The third kappa shape index (κ3) is 1.93. The van der Waals surface area contributed by atoms with Crippen LogP contribution in [0.4, 0.5) is 0 Å². The fourth-order valence-electron chi connectivity index (χ4n) is 2.89. The van der Waals surface area contributed by atoms with Crippen LogP contribution in [0.25, 0.3) is 33.1 Å². The van der Waals surface area contributed by atoms with Crippen molar-refractivity contribution in [1.82, 2.24) is 0 Å². The zero-order valence-corrected chi connectivity index (χ0v) is 12.3. The average molecular weight is 293 g/mol. The monoisotopic (exact) mass is 292 g/mol. The van der Waals surface area contributed by atoms with Crippen LogP contribution in [-0.2, 0) is 0 Å². The summed E-state index contributed by atoms with van der Waals surface area (Å²) in [5.74, 6) is 0. The highest BCUT2D eigenvalue weighted by Gasteiger charge is 2.12. The Hall–Kier alpha value is -2.25. The molecule has 0 saturated carbocycles. The molecule has 0 unspecified atom stereocenters. The third-order valence-corrected chi connectivity index (χ3v) is 4.12. The molecule has 0 aliphatic heterocycles. The van der Waals surface area contributed by atoms with Crippen molar-refractivity contribution in [3.8, 4) is 11.1 Å². The van der Waals surface area contributed by atoms with Gasteiger partial charge < -0.3 is 4.42 Å². The molecule has 0 bridgehead atoms. The largest absolute Gasteiger partial charge is 0.455 e. The van der Waals surface area contributed by atoms with E-state index in [1.807, 2.05) is 30.3 Å². The van der Waals surface area contributed by atoms with Crippen LogP contribution in [0.15, 0.2) is 65.1 Å². The highest BCUT2D eigenvalue weighted by Crippen LogP contribution is 2.37. The summed E-state index contributed by atoms with van der Waals surface area (Å²) in [7, 11) is 0. The van der Waals surface area contributed by atoms with Gasteiger partial charge in [-0.25, -0.2) is 0 Å². The van der Waals surface area contributed by atoms with Crippen molar-refractivity contribution in [2.75, 3.05) is 0 Å². The van der Waals surface area contributed by atoms with E-state index in [-0.39, 0.29) is 0 Å². The van der Waals surface area contributed by atoms with Gasteiger partial charge in [0.15, 0.2) is 0 Å². The number of aryl methyl sites for hydroxylation is 1. The van der Waals surface area contributed by atoms with Crippen LogP contribution in [-0.4, -0.2) is 0 Å². The molecule has 4 aromatic rings. The second kappa shape index (κ2) is 4.64. The van der Waals surface area contributed by atoms with Gasteiger partial charge in [-0.2, -0.15) is 0 Å². The normalized spacial score (nSPS) is 11.3. The van der Waals surface area contributed by atoms with Gasteiger partial charge in [-0.3, -0.25) is 0 Å². The van der Waals surface area contributed by atoms with Crippen LogP contribution in [0, 0.1) is 6.92 Å². The molecule has 102 valence electrons. The molecule has 0 N–H and O–H groups in total. The summed E-state index contributed by atoms with van der Waals surface area (Å²) in [6.45, 7) is 2.07. The summed E-state index contributed by atoms with van der Waals surface area (Å²) in [5, 5.41) is 3.06. The molecular weight excluding hydrogens is 280 g/mol. The summed E-state index contributed by atoms with van der Waals surface area (Å²) in [6.07, 6.45) is 0. The Labute approximate surface area is 127 Å². The van der Waals surface area contributed by atoms with Gasteiger partial charge in [-0.1, -0.05) is 54.1 Å². The molecule has 0 amide bonds. The van der Waals surface area contributed by atoms with Gasteiger partial charge in [-0.15, -0.1) is 0 Å². The van der Waals surface area contributed by atoms with E-state index >= 15 is 0 Å². The number of furan rings is 1. The second-order valence-corrected chi connectivity index (χ2v) is 5.68. The quantitative estimate of drug-likeness (QED) is 0.406. The van der Waals surface area contributed by atoms with Crippen molar-refractivity contribution in [1.29, 1.82) is 0 Å². The number of benzene rings is 3. The number of fused-ring (bicyclic) bond motifs is 3. The number of para-hydroxylation sites is 2. The van der Waals surface area contributed by atoms with Crippen molar-refractivity contribution in [2.24, 2.45) is 0 Å². The fraction of sp³-hybridized carbons (Fsp3) is 0.0526. The predicted molar refractivity (Wildman–Crippen MR) is 88.9 cm³/mol. The Bertz CT molecular complexity index is 966. The second-order valence-electron chi connectivity index (χ2n) is 5.24. The molecule has 0 aliphatic rings. The molecule has 2 heteroatoms. The van der Waals surface area contributed by atoms with Gasteiger partial charge in [0.25, 0.3) is 0 Å². The van der Waals surface area contributed by atoms with Crippen LogP contribution in [0.3, 0.4) is 0 Å². The Morgan fingerprint density at radius 2 is 1.62 bits per heavy atom. The molecule has 1 aromatic heterocycles. The maximum Gasteiger partial charge on any atom is 0.143 e. The summed E-state index contributed by atoms with van der Waals surface area (Å²) in [5.41, 5.74) is 5.27. The average Bonchev–Trinajstić information content (AvgIpc) is 2.86. The molecule has 21 heavy (non-hydrogen) atoms. The number of halogens is 1. The molecule has 4 rings (SSSR count). The van der Waals surface area contributed by atoms with E-state index in [2.05, 4.69) is 37.3 Å². The molecule has 1 heterocycles. The topological polar surface area (TPSA) is 13.1 Å². The maximum absolute atomic E-state index is 6.09. The van der Waals surface area contributed by atoms with Crippen molar-refractivity contribution in [3.63, 3.8) is 0 Å². The Morgan fingerprint density at radius 3 is 2.48 bits per heavy atom. The molecule has 0 fully saturated rings. The lowest BCUT2D eigenvalue weighted by Crippen LogP contribution is -1.83. The first kappa shape index (κ1) is 12.5. The molecule has 0 atom stereocenters. The van der Waals surface area contributed by atoms with E-state index in [0.717, 1.165) is 43.7 Å². The smallest absolute Gasteiger partial charge is 0.143 e. The number of hydrogen-bond donors (Lipinski definition) is 0. The number of rotatable bonds is 1. The van der Waals surface area contributed by atoms with Gasteiger partial charge >= 0.3 is 0 Å². The first-order chi connectivity index (χ1) is 10.2. The van der Waals surface area contributed by atoms with E-state index in [9.17, 15) is 0 Å². The molecule has 3 aromatic carbocycles. The van der Waals surface area contributed by atoms with Gasteiger partial charge in [-0.05, 0) is 36.2 Å². The van der Waals surface area contributed by atoms with Gasteiger partial charge in [0, 0.05) is 21.4 Å². The zero-order chi connectivity index (χ0) is 14.4. The fourth-order valence-corrected chi connectivity index (χ4v) is 3.12. The summed E-state index contributed by atoms with van der Waals surface area (Å²) >= 11 is 6.06. The SMILES string of the molecule is Cc1cc(Cl)ccc1-c1cccc2c1oc1ccccc12. The number of hydrogen-bond acceptors (Lipinski definition) is 1. The summed E-state index contributed by atoms with van der Waals surface area (Å²) in [6, 6.07) is 20.4. The maximum atomic E-state index is 6.09. The van der Waals surface area contributed by atoms with Crippen molar-refractivity contribution < 1.29 is 4.42 Å². The highest BCUT2D eigenvalue weighted by atomic mass is 35.5. The first-order valence-electron chi connectivity index (χ1n) is 6.91. The molecule has 1 nitrogen and oxygen atoms in total. The van der Waals surface area contributed by atoms with Crippen LogP contribution < -0.4 is 0 Å². The van der Waals surface area contributed by atoms with Crippen molar-refractivity contribution in [2.45, 2.75) is 6.92 Å². The van der Waals surface area contributed by atoms with Crippen LogP contribution in [0.1, 0.15) is 5.56 Å². The van der Waals surface area contributed by atoms with E-state index < -0.39 is 0 Å². The van der Waals surface area contributed by atoms with Crippen molar-refractivity contribution >= 4 is 33.5 Å². The van der Waals surface area contributed by atoms with Crippen LogP contribution in [0.5, 0.6) is 0 Å². The Morgan fingerprint density at radius 1 is 0.810 bits per heavy atom. The standard InChI is InChI=1S/C19H13ClO/c1-12-11-13(20)9-10-14(12)16-6-4-7-17-15-5-2-3-8-18(15)21-19(16)17/h2-11H,1H3. The van der Waals surface area contributed by atoms with E-state index in [1.165, 1.54) is 0 Å². The van der Waals surface area contributed by atoms with E-state index in [0.29, 0.717) is 0 Å². The summed E-state index contributed by atoms with van der Waals surface area (Å²) < 4.78 is 6.09. The van der Waals surface area contributed by atoms with Gasteiger partial charge in [0.1, 0.15) is 11.2 Å². The minimum absolute atomic E-state index is 0.757. The van der Waals surface area contributed by atoms with E-state index in [4.69, 9.17) is 16.0 Å². The third-order valence-electron chi connectivity index (χ3n) is 3.88. The lowest BCUT2D eigenvalue weighted by atomic mass is 9.98. The zero-order valence-electron chi connectivity index (χ0n) is 11.6. The van der Waals surface area contributed by atoms with Gasteiger partial charge in [0.05, 0.1) is 0 Å². The molecule has 0 saturated heterocycles. The Kier molecular flexibility index (Phi) is 2.76. The van der Waals surface area contributed by atoms with Crippen LogP contribution in [0.2, 0.25) is 5.02 Å². The van der Waals surface area contributed by atoms with Crippen LogP contribution >= 0.6 is 11.6 Å². The first-order valence-corrected chi connectivity index (χ1v) is 7.28. The highest BCUT2D eigenvalue weighted by molar-refractivity contribution is 6.30. The predicted octanol–water partition coefficient (Wildman–Crippen LogP) is 6.21. The molecule has 0 aliphatic carbocycles. The van der Waals surface area contributed by atoms with Crippen molar-refractivity contribution in [3.05, 3.63) is 71.2 Å². The Balaban J connectivity index is 2.09. The minimum atomic E-state index is 0.757. The molecule has 0 spiro atoms. The molecular formula is C19H13ClO. The lowest BCUT2D eigenvalue weighted by Gasteiger charge is -2.07. The lowest BCUT2D eigenvalue weighted by molar-refractivity contribution is 0.670. The molecule has 0 radical (unpaired) electrons. The summed E-state index contributed by atoms with van der Waals surface area (Å²) in [4.78, 5) is 0.